The van der Waals surface area contributed by atoms with Crippen LogP contribution in [0.5, 0.6) is 0 Å². The Morgan fingerprint density at radius 3 is 3.00 bits per heavy atom. The summed E-state index contributed by atoms with van der Waals surface area (Å²) in [5.41, 5.74) is 1.71. The molecule has 2 fully saturated rings. The predicted octanol–water partition coefficient (Wildman–Crippen LogP) is 3.90. The van der Waals surface area contributed by atoms with Crippen molar-refractivity contribution in [2.75, 3.05) is 0 Å². The van der Waals surface area contributed by atoms with Crippen LogP contribution in [0.4, 0.5) is 4.39 Å². The van der Waals surface area contributed by atoms with Crippen molar-refractivity contribution in [1.82, 2.24) is 9.55 Å². The van der Waals surface area contributed by atoms with Gasteiger partial charge in [-0.3, -0.25) is 0 Å². The van der Waals surface area contributed by atoms with Gasteiger partial charge in [0.2, 0.25) is 0 Å². The van der Waals surface area contributed by atoms with Crippen molar-refractivity contribution in [3.63, 3.8) is 0 Å². The van der Waals surface area contributed by atoms with E-state index < -0.39 is 5.67 Å². The van der Waals surface area contributed by atoms with Gasteiger partial charge in [-0.05, 0) is 49.0 Å². The number of imidazole rings is 1. The van der Waals surface area contributed by atoms with Gasteiger partial charge in [0, 0.05) is 10.4 Å². The number of nitrogens with zero attached hydrogens (tertiary/aromatic N) is 2. The number of hydrogen-bond donors (Lipinski definition) is 0. The molecule has 2 saturated carbocycles. The summed E-state index contributed by atoms with van der Waals surface area (Å²) in [5, 5.41) is 2.17. The molecule has 0 radical (unpaired) electrons. The molecule has 2 aliphatic carbocycles. The van der Waals surface area contributed by atoms with Crippen LogP contribution < -0.4 is 0 Å². The van der Waals surface area contributed by atoms with Gasteiger partial charge in [0.25, 0.3) is 0 Å². The smallest absolute Gasteiger partial charge is 0.114 e. The first-order valence-corrected chi connectivity index (χ1v) is 7.84. The minimum Gasteiger partial charge on any atom is -0.322 e. The summed E-state index contributed by atoms with van der Waals surface area (Å²) >= 11 is 1.84. The fourth-order valence-electron chi connectivity index (χ4n) is 4.52. The molecule has 5 rings (SSSR count). The van der Waals surface area contributed by atoms with Crippen LogP contribution in [0.2, 0.25) is 0 Å². The lowest BCUT2D eigenvalue weighted by Gasteiger charge is -2.24. The third-order valence-corrected chi connectivity index (χ3v) is 6.58. The Kier molecular flexibility index (Phi) is 1.74. The molecule has 5 atom stereocenters. The van der Waals surface area contributed by atoms with Gasteiger partial charge < -0.3 is 4.57 Å². The van der Waals surface area contributed by atoms with Crippen molar-refractivity contribution < 1.29 is 4.39 Å². The summed E-state index contributed by atoms with van der Waals surface area (Å²) < 4.78 is 16.3. The number of fused-ring (bicyclic) bond motifs is 4. The summed E-state index contributed by atoms with van der Waals surface area (Å²) in [6.45, 7) is 1.78. The standard InChI is InChI=1S/C15H15FN2S/c1-15(16)10-4-8(5-11(10)15)13-14-9(2-3-19-14)12-6-17-7-18(12)13/h2-3,6-8,10-11,13H,4-5H2,1H3/t8?,10-,11+,13-,15?/m0/s1. The number of hydrogen-bond acceptors (Lipinski definition) is 2. The molecule has 0 spiro atoms. The van der Waals surface area contributed by atoms with Crippen LogP contribution in [-0.2, 0) is 0 Å². The zero-order chi connectivity index (χ0) is 12.8. The highest BCUT2D eigenvalue weighted by molar-refractivity contribution is 7.10. The Hall–Kier alpha value is -1.16. The summed E-state index contributed by atoms with van der Waals surface area (Å²) in [6, 6.07) is 2.61. The highest BCUT2D eigenvalue weighted by atomic mass is 32.1. The largest absolute Gasteiger partial charge is 0.322 e. The van der Waals surface area contributed by atoms with E-state index in [9.17, 15) is 4.39 Å². The van der Waals surface area contributed by atoms with E-state index >= 15 is 0 Å². The first kappa shape index (κ1) is 10.6. The van der Waals surface area contributed by atoms with Gasteiger partial charge in [-0.1, -0.05) is 0 Å². The average molecular weight is 274 g/mol. The molecule has 3 aliphatic rings. The topological polar surface area (TPSA) is 17.8 Å². The fourth-order valence-corrected chi connectivity index (χ4v) is 5.61. The maximum Gasteiger partial charge on any atom is 0.114 e. The third kappa shape index (κ3) is 1.15. The molecule has 0 N–H and O–H groups in total. The van der Waals surface area contributed by atoms with Gasteiger partial charge in [0.15, 0.2) is 0 Å². The van der Waals surface area contributed by atoms with E-state index in [1.54, 1.807) is 6.92 Å². The van der Waals surface area contributed by atoms with Crippen molar-refractivity contribution in [2.24, 2.45) is 17.8 Å². The highest BCUT2D eigenvalue weighted by Gasteiger charge is 2.67. The molecular formula is C15H15FN2S. The Bertz CT molecular complexity index is 617. The van der Waals surface area contributed by atoms with Gasteiger partial charge in [0.05, 0.1) is 24.3 Å². The molecule has 2 nitrogen and oxygen atoms in total. The number of halogens is 1. The molecule has 3 heterocycles. The van der Waals surface area contributed by atoms with Crippen molar-refractivity contribution in [3.8, 4) is 11.3 Å². The SMILES string of the molecule is CC1(F)[C@@H]2CC([C@H]3c4sccc4-c4cncn43)C[C@@H]21. The molecule has 0 amide bonds. The van der Waals surface area contributed by atoms with Gasteiger partial charge in [-0.2, -0.15) is 0 Å². The fraction of sp³-hybridized carbons (Fsp3) is 0.533. The molecule has 2 unspecified atom stereocenters. The van der Waals surface area contributed by atoms with Crippen LogP contribution in [0, 0.1) is 17.8 Å². The van der Waals surface area contributed by atoms with E-state index in [-0.39, 0.29) is 0 Å². The second-order valence-electron chi connectivity index (χ2n) is 6.43. The van der Waals surface area contributed by atoms with E-state index in [0.717, 1.165) is 12.8 Å². The first-order chi connectivity index (χ1) is 9.18. The number of aromatic nitrogens is 2. The maximum atomic E-state index is 14.0. The summed E-state index contributed by atoms with van der Waals surface area (Å²) in [4.78, 5) is 5.76. The Labute approximate surface area is 115 Å². The van der Waals surface area contributed by atoms with E-state index in [1.807, 2.05) is 23.9 Å². The van der Waals surface area contributed by atoms with Crippen molar-refractivity contribution in [1.29, 1.82) is 0 Å². The van der Waals surface area contributed by atoms with Crippen molar-refractivity contribution >= 4 is 11.3 Å². The summed E-state index contributed by atoms with van der Waals surface area (Å²) in [5.74, 6) is 1.22. The Balaban J connectivity index is 1.55. The lowest BCUT2D eigenvalue weighted by atomic mass is 9.91. The van der Waals surface area contributed by atoms with E-state index in [0.29, 0.717) is 23.8 Å². The quantitative estimate of drug-likeness (QED) is 0.771. The van der Waals surface area contributed by atoms with Crippen LogP contribution in [0.15, 0.2) is 24.0 Å². The lowest BCUT2D eigenvalue weighted by molar-refractivity contribution is 0.226. The lowest BCUT2D eigenvalue weighted by Crippen LogP contribution is -2.19. The zero-order valence-electron chi connectivity index (χ0n) is 10.7. The minimum absolute atomic E-state index is 0.313. The Morgan fingerprint density at radius 1 is 1.42 bits per heavy atom. The van der Waals surface area contributed by atoms with Crippen LogP contribution in [0.1, 0.15) is 30.7 Å². The van der Waals surface area contributed by atoms with Gasteiger partial charge in [-0.15, -0.1) is 11.3 Å². The summed E-state index contributed by atoms with van der Waals surface area (Å²) in [6.07, 6.45) is 5.99. The minimum atomic E-state index is -0.870. The first-order valence-electron chi connectivity index (χ1n) is 6.96. The van der Waals surface area contributed by atoms with Gasteiger partial charge >= 0.3 is 0 Å². The number of alkyl halides is 1. The summed E-state index contributed by atoms with van der Waals surface area (Å²) in [7, 11) is 0. The van der Waals surface area contributed by atoms with Gasteiger partial charge in [0.1, 0.15) is 5.67 Å². The van der Waals surface area contributed by atoms with Crippen molar-refractivity contribution in [2.45, 2.75) is 31.5 Å². The number of thiophene rings is 1. The Morgan fingerprint density at radius 2 is 2.21 bits per heavy atom. The van der Waals surface area contributed by atoms with Crippen LogP contribution in [-0.4, -0.2) is 15.2 Å². The normalized spacial score (nSPS) is 42.0. The molecule has 0 aromatic carbocycles. The molecule has 0 bridgehead atoms. The molecule has 2 aromatic heterocycles. The van der Waals surface area contributed by atoms with Gasteiger partial charge in [-0.25, -0.2) is 9.37 Å². The van der Waals surface area contributed by atoms with Crippen LogP contribution in [0.25, 0.3) is 11.3 Å². The van der Waals surface area contributed by atoms with Crippen molar-refractivity contribution in [3.05, 3.63) is 28.8 Å². The molecular weight excluding hydrogens is 259 g/mol. The van der Waals surface area contributed by atoms with Crippen LogP contribution >= 0.6 is 11.3 Å². The molecule has 2 aromatic rings. The van der Waals surface area contributed by atoms with Crippen LogP contribution in [0.3, 0.4) is 0 Å². The molecule has 1 aliphatic heterocycles. The molecule has 19 heavy (non-hydrogen) atoms. The zero-order valence-corrected chi connectivity index (χ0v) is 11.5. The maximum absolute atomic E-state index is 14.0. The van der Waals surface area contributed by atoms with E-state index in [4.69, 9.17) is 0 Å². The molecule has 4 heteroatoms. The molecule has 0 saturated heterocycles. The highest BCUT2D eigenvalue weighted by Crippen LogP contribution is 2.67. The van der Waals surface area contributed by atoms with E-state index in [1.165, 1.54) is 16.1 Å². The molecule has 98 valence electrons. The average Bonchev–Trinajstić information content (AvgIpc) is 2.95. The van der Waals surface area contributed by atoms with E-state index in [2.05, 4.69) is 21.0 Å². The predicted molar refractivity (Wildman–Crippen MR) is 72.9 cm³/mol. The number of rotatable bonds is 1. The second kappa shape index (κ2) is 3.11. The third-order valence-electron chi connectivity index (χ3n) is 5.59. The monoisotopic (exact) mass is 274 g/mol. The second-order valence-corrected chi connectivity index (χ2v) is 7.37.